The van der Waals surface area contributed by atoms with E-state index in [0.717, 1.165) is 36.8 Å². The number of ether oxygens (including phenoxy) is 4. The number of imidazole rings is 1. The highest BCUT2D eigenvalue weighted by molar-refractivity contribution is 6.00. The number of carbonyl (C=O) groups is 4. The molecule has 1 aromatic heterocycles. The molecule has 4 amide bonds. The van der Waals surface area contributed by atoms with Gasteiger partial charge in [-0.2, -0.15) is 0 Å². The molecule has 4 rings (SSSR count). The van der Waals surface area contributed by atoms with Crippen LogP contribution in [-0.2, 0) is 47.0 Å². The monoisotopic (exact) mass is 785 g/mol. The van der Waals surface area contributed by atoms with Gasteiger partial charge in [-0.3, -0.25) is 28.8 Å². The molecule has 0 spiro atoms. The van der Waals surface area contributed by atoms with Crippen LogP contribution < -0.4 is 22.1 Å². The lowest BCUT2D eigenvalue weighted by Crippen LogP contribution is -2.45. The molecular formula is C43H55N5O9. The molecule has 1 aliphatic rings. The number of fused-ring (bicyclic) bond motifs is 1. The van der Waals surface area contributed by atoms with Gasteiger partial charge in [-0.25, -0.2) is 9.59 Å². The number of nitrogens with zero attached hydrogens (tertiary/aromatic N) is 2. The second-order valence-corrected chi connectivity index (χ2v) is 14.9. The quantitative estimate of drug-likeness (QED) is 0.0958. The highest BCUT2D eigenvalue weighted by Gasteiger charge is 2.31. The van der Waals surface area contributed by atoms with Crippen molar-refractivity contribution in [1.29, 1.82) is 0 Å². The first kappa shape index (κ1) is 44.3. The third-order valence-corrected chi connectivity index (χ3v) is 9.19. The number of aryl methyl sites for hydroxylation is 1. The van der Waals surface area contributed by atoms with Crippen LogP contribution in [0.4, 0.5) is 4.79 Å². The fourth-order valence-electron chi connectivity index (χ4n) is 6.26. The van der Waals surface area contributed by atoms with E-state index in [1.165, 1.54) is 9.13 Å². The zero-order valence-electron chi connectivity index (χ0n) is 33.6. The zero-order chi connectivity index (χ0) is 41.4. The molecular weight excluding hydrogens is 730 g/mol. The predicted octanol–water partition coefficient (Wildman–Crippen LogP) is 4.38. The molecule has 1 saturated heterocycles. The second-order valence-electron chi connectivity index (χ2n) is 14.9. The van der Waals surface area contributed by atoms with Gasteiger partial charge in [0.25, 0.3) is 0 Å². The van der Waals surface area contributed by atoms with Gasteiger partial charge in [0.15, 0.2) is 0 Å². The smallest absolute Gasteiger partial charge is 0.407 e. The molecule has 2 aromatic carbocycles. The van der Waals surface area contributed by atoms with Crippen LogP contribution in [0.1, 0.15) is 102 Å². The van der Waals surface area contributed by atoms with Gasteiger partial charge in [0.05, 0.1) is 35.3 Å². The number of nitrogens with two attached hydrogens (primary N) is 1. The first-order valence-corrected chi connectivity index (χ1v) is 19.4. The van der Waals surface area contributed by atoms with Crippen LogP contribution in [0.3, 0.4) is 0 Å². The van der Waals surface area contributed by atoms with Crippen LogP contribution >= 0.6 is 0 Å². The number of primary amides is 1. The number of para-hydroxylation sites is 1. The third-order valence-electron chi connectivity index (χ3n) is 9.19. The van der Waals surface area contributed by atoms with Crippen LogP contribution in [0.5, 0.6) is 0 Å². The van der Waals surface area contributed by atoms with E-state index in [0.29, 0.717) is 49.4 Å². The van der Waals surface area contributed by atoms with E-state index in [9.17, 15) is 24.0 Å². The molecule has 57 heavy (non-hydrogen) atoms. The van der Waals surface area contributed by atoms with Gasteiger partial charge < -0.3 is 30.0 Å². The Kier molecular flexibility index (Phi) is 16.9. The number of hydrogen-bond donors (Lipinski definition) is 3. The summed E-state index contributed by atoms with van der Waals surface area (Å²) in [6.07, 6.45) is 3.77. The van der Waals surface area contributed by atoms with Gasteiger partial charge in [0, 0.05) is 38.7 Å². The number of piperidine rings is 1. The minimum Gasteiger partial charge on any atom is -0.444 e. The van der Waals surface area contributed by atoms with Gasteiger partial charge >= 0.3 is 11.8 Å². The first-order chi connectivity index (χ1) is 27.2. The maximum absolute atomic E-state index is 13.1. The van der Waals surface area contributed by atoms with Crippen LogP contribution in [0.15, 0.2) is 47.3 Å². The van der Waals surface area contributed by atoms with Gasteiger partial charge in [-0.15, -0.1) is 0 Å². The summed E-state index contributed by atoms with van der Waals surface area (Å²) < 4.78 is 25.7. The molecule has 2 heterocycles. The number of hydrogen-bond acceptors (Lipinski definition) is 9. The molecule has 14 nitrogen and oxygen atoms in total. The van der Waals surface area contributed by atoms with Crippen molar-refractivity contribution in [2.75, 3.05) is 26.4 Å². The fraction of sp³-hybridized carbons (Fsp3) is 0.512. The number of amides is 4. The summed E-state index contributed by atoms with van der Waals surface area (Å²) in [6.45, 7) is 9.29. The number of aromatic nitrogens is 2. The summed E-state index contributed by atoms with van der Waals surface area (Å²) in [4.78, 5) is 60.9. The minimum atomic E-state index is -0.743. The Morgan fingerprint density at radius 3 is 2.26 bits per heavy atom. The summed E-state index contributed by atoms with van der Waals surface area (Å²) in [5.41, 5.74) is 8.05. The van der Waals surface area contributed by atoms with Gasteiger partial charge in [-0.05, 0) is 83.2 Å². The van der Waals surface area contributed by atoms with Gasteiger partial charge in [0.1, 0.15) is 24.9 Å². The summed E-state index contributed by atoms with van der Waals surface area (Å²) in [5, 5.41) is 5.12. The molecule has 0 radical (unpaired) electrons. The largest absolute Gasteiger partial charge is 0.444 e. The first-order valence-electron chi connectivity index (χ1n) is 19.4. The second kappa shape index (κ2) is 21.8. The molecule has 4 N–H and O–H groups in total. The molecule has 1 aliphatic heterocycles. The maximum Gasteiger partial charge on any atom is 0.407 e. The molecule has 306 valence electrons. The highest BCUT2D eigenvalue weighted by Crippen LogP contribution is 2.24. The van der Waals surface area contributed by atoms with Crippen molar-refractivity contribution in [3.05, 3.63) is 69.6 Å². The van der Waals surface area contributed by atoms with Crippen molar-refractivity contribution in [2.45, 2.75) is 109 Å². The maximum atomic E-state index is 13.1. The number of benzene rings is 2. The Bertz CT molecular complexity index is 2040. The summed E-state index contributed by atoms with van der Waals surface area (Å²) in [6, 6.07) is 11.9. The topological polar surface area (TPSA) is 182 Å². The van der Waals surface area contributed by atoms with E-state index in [1.54, 1.807) is 40.0 Å². The number of imide groups is 1. The standard InChI is InChI=1S/C43H55N5O9/c1-30(34(21-23-37(44)49)45-41(52)57-43(2,3)4)56-29-32-19-17-31(18-20-32)13-11-27-54-25-8-6-7-9-26-55-28-12-15-33-14-10-16-35-39(33)47(5)42(53)48(35)36-22-24-38(50)46-40(36)51/h10,14,16-20,30,34,36H,6-9,21-29H2,1-5H3,(H2,44,49)(H,45,52)(H,46,50,51)/t30-,34+,36?/m1/s1. The third kappa shape index (κ3) is 14.2. The van der Waals surface area contributed by atoms with E-state index >= 15 is 0 Å². The summed E-state index contributed by atoms with van der Waals surface area (Å²) >= 11 is 0. The van der Waals surface area contributed by atoms with Crippen molar-refractivity contribution >= 4 is 34.8 Å². The van der Waals surface area contributed by atoms with Crippen LogP contribution in [0, 0.1) is 23.7 Å². The van der Waals surface area contributed by atoms with Crippen molar-refractivity contribution in [2.24, 2.45) is 12.8 Å². The Labute approximate surface area is 334 Å². The average molecular weight is 786 g/mol. The lowest BCUT2D eigenvalue weighted by molar-refractivity contribution is -0.135. The lowest BCUT2D eigenvalue weighted by atomic mass is 10.1. The molecule has 0 aliphatic carbocycles. The van der Waals surface area contributed by atoms with Gasteiger partial charge in [-0.1, -0.05) is 54.7 Å². The number of carbonyl (C=O) groups excluding carboxylic acids is 4. The van der Waals surface area contributed by atoms with Gasteiger partial charge in [0.2, 0.25) is 17.7 Å². The van der Waals surface area contributed by atoms with Crippen molar-refractivity contribution in [1.82, 2.24) is 19.8 Å². The van der Waals surface area contributed by atoms with E-state index in [2.05, 4.69) is 34.3 Å². The zero-order valence-corrected chi connectivity index (χ0v) is 33.6. The Hall–Kier alpha value is -5.41. The molecule has 3 aromatic rings. The summed E-state index contributed by atoms with van der Waals surface area (Å²) in [5.74, 6) is 11.0. The molecule has 3 atom stereocenters. The number of nitrogens with one attached hydrogen (secondary N) is 2. The number of alkyl carbamates (subject to hydrolysis) is 1. The minimum absolute atomic E-state index is 0.112. The Morgan fingerprint density at radius 1 is 0.965 bits per heavy atom. The highest BCUT2D eigenvalue weighted by atomic mass is 16.6. The SMILES string of the molecule is C[C@@H](OCc1ccc(C#CCOCCCCCCOCC#Cc2cccc3c2n(C)c(=O)n3C2CCC(=O)NC2=O)cc1)[C@H](CCC(N)=O)NC(=O)OC(C)(C)C. The predicted molar refractivity (Wildman–Crippen MR) is 215 cm³/mol. The molecule has 1 fully saturated rings. The van der Waals surface area contributed by atoms with Crippen molar-refractivity contribution in [3.63, 3.8) is 0 Å². The Morgan fingerprint density at radius 2 is 1.63 bits per heavy atom. The molecule has 1 unspecified atom stereocenters. The van der Waals surface area contributed by atoms with Crippen LogP contribution in [0.2, 0.25) is 0 Å². The van der Waals surface area contributed by atoms with E-state index in [-0.39, 0.29) is 37.5 Å². The Balaban J connectivity index is 1.08. The van der Waals surface area contributed by atoms with Crippen LogP contribution in [0.25, 0.3) is 11.0 Å². The molecule has 0 saturated carbocycles. The van der Waals surface area contributed by atoms with Crippen LogP contribution in [-0.4, -0.2) is 77.1 Å². The molecule has 14 heteroatoms. The van der Waals surface area contributed by atoms with E-state index in [1.807, 2.05) is 37.3 Å². The van der Waals surface area contributed by atoms with E-state index in [4.69, 9.17) is 24.7 Å². The lowest BCUT2D eigenvalue weighted by Gasteiger charge is -2.27. The van der Waals surface area contributed by atoms with Crippen molar-refractivity contribution in [3.8, 4) is 23.7 Å². The molecule has 0 bridgehead atoms. The number of rotatable bonds is 18. The fourth-order valence-corrected chi connectivity index (χ4v) is 6.26. The number of unbranched alkanes of at least 4 members (excludes halogenated alkanes) is 3. The van der Waals surface area contributed by atoms with Crippen molar-refractivity contribution < 1.29 is 38.1 Å². The summed E-state index contributed by atoms with van der Waals surface area (Å²) in [7, 11) is 1.65. The average Bonchev–Trinajstić information content (AvgIpc) is 3.41. The van der Waals surface area contributed by atoms with E-state index < -0.39 is 41.7 Å². The normalized spacial score (nSPS) is 15.1.